The van der Waals surface area contributed by atoms with Crippen LogP contribution in [-0.4, -0.2) is 93.5 Å². The van der Waals surface area contributed by atoms with E-state index in [0.717, 1.165) is 19.3 Å². The Morgan fingerprint density at radius 1 is 0.917 bits per heavy atom. The number of halogens is 6. The van der Waals surface area contributed by atoms with Crippen LogP contribution >= 0.6 is 7.60 Å². The van der Waals surface area contributed by atoms with Gasteiger partial charge in [0.1, 0.15) is 18.4 Å². The van der Waals surface area contributed by atoms with Gasteiger partial charge in [0.15, 0.2) is 13.2 Å². The zero-order valence-electron chi connectivity index (χ0n) is 27.6. The third-order valence-corrected chi connectivity index (χ3v) is 10.0. The Morgan fingerprint density at radius 3 is 2.15 bits per heavy atom. The van der Waals surface area contributed by atoms with Crippen molar-refractivity contribution in [1.29, 1.82) is 0 Å². The SMILES string of the molecule is CO[C@H]1C[C@@H]2C[C@@H](OC(=O)CP(=O)(OCC(F)(F)F)OCC(F)(F)F)C[C@H](CC(=O)O[C@@H](/C=C/CC(C)C)C[C@@H]3CC[C@H](C)[C@@H](C1)O3)O2. The lowest BCUT2D eigenvalue weighted by atomic mass is 9.86. The highest BCUT2D eigenvalue weighted by Crippen LogP contribution is 2.50. The molecule has 4 bridgehead atoms. The van der Waals surface area contributed by atoms with Gasteiger partial charge in [-0.3, -0.25) is 23.2 Å². The molecule has 3 aliphatic rings. The molecule has 10 nitrogen and oxygen atoms in total. The maximum atomic E-state index is 13.2. The van der Waals surface area contributed by atoms with E-state index in [-0.39, 0.29) is 43.5 Å². The maximum Gasteiger partial charge on any atom is 0.412 e. The molecule has 0 unspecified atom stereocenters. The van der Waals surface area contributed by atoms with E-state index in [0.29, 0.717) is 25.2 Å². The largest absolute Gasteiger partial charge is 0.462 e. The van der Waals surface area contributed by atoms with E-state index in [9.17, 15) is 40.5 Å². The van der Waals surface area contributed by atoms with Crippen LogP contribution in [0.25, 0.3) is 0 Å². The molecule has 17 heteroatoms. The van der Waals surface area contributed by atoms with Crippen molar-refractivity contribution < 1.29 is 73.2 Å². The van der Waals surface area contributed by atoms with Crippen molar-refractivity contribution in [3.05, 3.63) is 12.2 Å². The van der Waals surface area contributed by atoms with Crippen LogP contribution < -0.4 is 0 Å². The second kappa shape index (κ2) is 18.0. The number of hydrogen-bond acceptors (Lipinski definition) is 10. The number of esters is 2. The summed E-state index contributed by atoms with van der Waals surface area (Å²) in [5.74, 6) is -1.34. The Morgan fingerprint density at radius 2 is 1.54 bits per heavy atom. The number of fused-ring (bicyclic) bond motifs is 4. The van der Waals surface area contributed by atoms with Crippen molar-refractivity contribution in [2.45, 2.75) is 134 Å². The minimum Gasteiger partial charge on any atom is -0.462 e. The van der Waals surface area contributed by atoms with E-state index in [1.807, 2.05) is 12.2 Å². The monoisotopic (exact) mass is 724 g/mol. The maximum absolute atomic E-state index is 13.2. The number of allylic oxidation sites excluding steroid dienone is 1. The molecule has 0 aliphatic carbocycles. The average Bonchev–Trinajstić information content (AvgIpc) is 2.95. The molecule has 3 heterocycles. The molecule has 48 heavy (non-hydrogen) atoms. The molecule has 0 spiro atoms. The van der Waals surface area contributed by atoms with E-state index in [1.54, 1.807) is 7.11 Å². The molecule has 0 saturated carbocycles. The van der Waals surface area contributed by atoms with Crippen LogP contribution in [0.2, 0.25) is 0 Å². The number of cyclic esters (lactones) is 1. The first-order chi connectivity index (χ1) is 22.3. The molecular formula is C31H47F6O10P. The normalized spacial score (nSPS) is 31.4. The number of ether oxygens (including phenoxy) is 5. The molecule has 3 aliphatic heterocycles. The number of rotatable bonds is 11. The summed E-state index contributed by atoms with van der Waals surface area (Å²) in [6.07, 6.45) is -7.74. The van der Waals surface area contributed by atoms with Gasteiger partial charge in [-0.15, -0.1) is 0 Å². The molecule has 3 saturated heterocycles. The molecule has 3 rings (SSSR count). The highest BCUT2D eigenvalue weighted by molar-refractivity contribution is 7.54. The van der Waals surface area contributed by atoms with E-state index >= 15 is 0 Å². The zero-order valence-corrected chi connectivity index (χ0v) is 28.5. The van der Waals surface area contributed by atoms with Crippen molar-refractivity contribution in [1.82, 2.24) is 0 Å². The highest BCUT2D eigenvalue weighted by atomic mass is 31.2. The number of carbonyl (C=O) groups excluding carboxylic acids is 2. The number of carbonyl (C=O) groups is 2. The van der Waals surface area contributed by atoms with Crippen molar-refractivity contribution in [3.8, 4) is 0 Å². The Kier molecular flexibility index (Phi) is 15.3. The smallest absolute Gasteiger partial charge is 0.412 e. The predicted octanol–water partition coefficient (Wildman–Crippen LogP) is 7.08. The Labute approximate surface area is 277 Å². The first-order valence-corrected chi connectivity index (χ1v) is 17.9. The van der Waals surface area contributed by atoms with Crippen LogP contribution in [0.3, 0.4) is 0 Å². The van der Waals surface area contributed by atoms with E-state index in [4.69, 9.17) is 23.7 Å². The lowest BCUT2D eigenvalue weighted by Gasteiger charge is -2.40. The van der Waals surface area contributed by atoms with Crippen LogP contribution in [0.4, 0.5) is 26.3 Å². The fraction of sp³-hybridized carbons (Fsp3) is 0.871. The summed E-state index contributed by atoms with van der Waals surface area (Å²) in [6, 6.07) is 0. The molecule has 0 amide bonds. The van der Waals surface area contributed by atoms with Crippen molar-refractivity contribution >= 4 is 19.5 Å². The van der Waals surface area contributed by atoms with Gasteiger partial charge in [-0.2, -0.15) is 26.3 Å². The molecule has 0 radical (unpaired) electrons. The lowest BCUT2D eigenvalue weighted by molar-refractivity contribution is -0.174. The summed E-state index contributed by atoms with van der Waals surface area (Å²) in [7, 11) is -3.69. The second-order valence-electron chi connectivity index (χ2n) is 13.2. The molecule has 0 N–H and O–H groups in total. The predicted molar refractivity (Wildman–Crippen MR) is 159 cm³/mol. The van der Waals surface area contributed by atoms with Gasteiger partial charge in [-0.05, 0) is 43.6 Å². The van der Waals surface area contributed by atoms with Crippen molar-refractivity contribution in [2.75, 3.05) is 26.5 Å². The van der Waals surface area contributed by atoms with E-state index < -0.39 is 75.7 Å². The fourth-order valence-corrected chi connectivity index (χ4v) is 7.35. The number of methoxy groups -OCH3 is 1. The fourth-order valence-electron chi connectivity index (χ4n) is 6.02. The number of hydrogen-bond donors (Lipinski definition) is 0. The second-order valence-corrected chi connectivity index (χ2v) is 15.3. The Bertz CT molecular complexity index is 1090. The summed E-state index contributed by atoms with van der Waals surface area (Å²) in [5, 5.41) is 0. The van der Waals surface area contributed by atoms with Crippen LogP contribution in [0.5, 0.6) is 0 Å². The highest BCUT2D eigenvalue weighted by Gasteiger charge is 2.42. The van der Waals surface area contributed by atoms with Gasteiger partial charge >= 0.3 is 31.9 Å². The summed E-state index contributed by atoms with van der Waals surface area (Å²) >= 11 is 0. The summed E-state index contributed by atoms with van der Waals surface area (Å²) in [6.45, 7) is 1.83. The van der Waals surface area contributed by atoms with Gasteiger partial charge in [0.05, 0.1) is 36.9 Å². The quantitative estimate of drug-likeness (QED) is 0.0948. The van der Waals surface area contributed by atoms with Crippen LogP contribution in [0.1, 0.15) is 78.6 Å². The van der Waals surface area contributed by atoms with E-state index in [1.165, 1.54) is 0 Å². The molecule has 0 aromatic heterocycles. The zero-order chi connectivity index (χ0) is 35.7. The van der Waals surface area contributed by atoms with Crippen LogP contribution in [0.15, 0.2) is 12.2 Å². The average molecular weight is 725 g/mol. The van der Waals surface area contributed by atoms with Gasteiger partial charge < -0.3 is 23.7 Å². The Hall–Kier alpha value is -1.71. The molecule has 8 atom stereocenters. The topological polar surface area (TPSA) is 116 Å². The third-order valence-electron chi connectivity index (χ3n) is 8.34. The first kappa shape index (κ1) is 40.7. The van der Waals surface area contributed by atoms with Crippen LogP contribution in [0, 0.1) is 11.8 Å². The van der Waals surface area contributed by atoms with Gasteiger partial charge in [-0.1, -0.05) is 26.8 Å². The first-order valence-electron chi connectivity index (χ1n) is 16.2. The minimum absolute atomic E-state index is 0.0364. The molecule has 278 valence electrons. The van der Waals surface area contributed by atoms with Crippen LogP contribution in [-0.2, 0) is 46.9 Å². The number of alkyl halides is 6. The minimum atomic E-state index is -5.23. The van der Waals surface area contributed by atoms with Crippen molar-refractivity contribution in [2.24, 2.45) is 11.8 Å². The summed E-state index contributed by atoms with van der Waals surface area (Å²) in [5.41, 5.74) is 0. The summed E-state index contributed by atoms with van der Waals surface area (Å²) in [4.78, 5) is 26.0. The van der Waals surface area contributed by atoms with Gasteiger partial charge in [0.25, 0.3) is 0 Å². The molecular weight excluding hydrogens is 677 g/mol. The van der Waals surface area contributed by atoms with Gasteiger partial charge in [0.2, 0.25) is 0 Å². The summed E-state index contributed by atoms with van der Waals surface area (Å²) < 4.78 is 127. The molecule has 0 aromatic rings. The lowest BCUT2D eigenvalue weighted by Crippen LogP contribution is -2.43. The van der Waals surface area contributed by atoms with Gasteiger partial charge in [0, 0.05) is 32.8 Å². The van der Waals surface area contributed by atoms with E-state index in [2.05, 4.69) is 29.8 Å². The Balaban J connectivity index is 1.78. The van der Waals surface area contributed by atoms with Crippen molar-refractivity contribution in [3.63, 3.8) is 0 Å². The third kappa shape index (κ3) is 15.0. The standard InChI is InChI=1S/C31H47F6O10P/c1-19(2)6-5-7-21-10-22-9-8-20(3)27(45-22)14-23(41-4)11-24-12-25(13-26(44-24)15-28(38)46-21)47-29(39)16-48(40,42-17-30(32,33)34)43-18-31(35,36)37/h5,7,19-27H,6,8-18H2,1-4H3/b7-5+/t20-,21-,22-,23-,24+,25+,26+,27+/m0/s1. The van der Waals surface area contributed by atoms with Gasteiger partial charge in [-0.25, -0.2) is 0 Å². The molecule has 0 aromatic carbocycles. The molecule has 3 fully saturated rings.